The molecule has 0 saturated heterocycles. The number of hydrogen-bond acceptors (Lipinski definition) is 4. The number of halogens is 2. The fourth-order valence-corrected chi connectivity index (χ4v) is 2.39. The molecule has 5 nitrogen and oxygen atoms in total. The van der Waals surface area contributed by atoms with Gasteiger partial charge in [-0.15, -0.1) is 8.78 Å². The van der Waals surface area contributed by atoms with E-state index >= 15 is 0 Å². The third kappa shape index (κ3) is 3.38. The predicted molar refractivity (Wildman–Crippen MR) is 76.4 cm³/mol. The Labute approximate surface area is 125 Å². The second kappa shape index (κ2) is 5.44. The van der Waals surface area contributed by atoms with Gasteiger partial charge < -0.3 is 20.5 Å². The number of carbonyl (C=O) groups excluding carboxylic acids is 1. The third-order valence-electron chi connectivity index (χ3n) is 2.92. The number of carbonyl (C=O) groups is 1. The van der Waals surface area contributed by atoms with Crippen LogP contribution in [0.1, 0.15) is 13.8 Å². The van der Waals surface area contributed by atoms with Gasteiger partial charge in [0.15, 0.2) is 11.5 Å². The van der Waals surface area contributed by atoms with Crippen LogP contribution in [0.3, 0.4) is 0 Å². The lowest BCUT2D eigenvalue weighted by Crippen LogP contribution is -2.36. The molecule has 0 bridgehead atoms. The van der Waals surface area contributed by atoms with Crippen LogP contribution in [0.2, 0.25) is 0 Å². The standard InChI is InChI=1S/C13H14F2N2O3S/c1-6(2)10(11(16)21)12(18)17-7-3-4-8-9(5-7)20-13(14,15)19-8/h3-6,10H,1-2H3,(H2,16,21)(H,17,18). The molecule has 0 fully saturated rings. The summed E-state index contributed by atoms with van der Waals surface area (Å²) in [7, 11) is 0. The lowest BCUT2D eigenvalue weighted by molar-refractivity contribution is -0.286. The molecule has 1 amide bonds. The van der Waals surface area contributed by atoms with E-state index in [4.69, 9.17) is 18.0 Å². The third-order valence-corrected chi connectivity index (χ3v) is 3.18. The summed E-state index contributed by atoms with van der Waals surface area (Å²) in [5.74, 6) is -1.36. The summed E-state index contributed by atoms with van der Waals surface area (Å²) in [5.41, 5.74) is 5.84. The number of rotatable bonds is 4. The number of nitrogens with two attached hydrogens (primary N) is 1. The van der Waals surface area contributed by atoms with Crippen molar-refractivity contribution in [3.05, 3.63) is 18.2 Å². The highest BCUT2D eigenvalue weighted by atomic mass is 32.1. The number of amides is 1. The highest BCUT2D eigenvalue weighted by molar-refractivity contribution is 7.80. The Morgan fingerprint density at radius 3 is 2.52 bits per heavy atom. The molecule has 1 aromatic rings. The van der Waals surface area contributed by atoms with Gasteiger partial charge in [-0.3, -0.25) is 4.79 Å². The lowest BCUT2D eigenvalue weighted by Gasteiger charge is -2.18. The molecule has 8 heteroatoms. The first-order valence-electron chi connectivity index (χ1n) is 6.19. The number of alkyl halides is 2. The Kier molecular flexibility index (Phi) is 3.99. The fourth-order valence-electron chi connectivity index (χ4n) is 2.01. The molecule has 1 aliphatic rings. The summed E-state index contributed by atoms with van der Waals surface area (Å²) in [5, 5.41) is 2.57. The molecule has 114 valence electrons. The maximum atomic E-state index is 12.9. The molecule has 2 rings (SSSR count). The van der Waals surface area contributed by atoms with E-state index in [2.05, 4.69) is 14.8 Å². The molecular formula is C13H14F2N2O3S. The molecule has 0 radical (unpaired) electrons. The monoisotopic (exact) mass is 316 g/mol. The van der Waals surface area contributed by atoms with Gasteiger partial charge in [0.25, 0.3) is 0 Å². The Bertz CT molecular complexity index is 593. The van der Waals surface area contributed by atoms with Gasteiger partial charge in [0.1, 0.15) is 0 Å². The van der Waals surface area contributed by atoms with Gasteiger partial charge in [0, 0.05) is 11.8 Å². The van der Waals surface area contributed by atoms with E-state index in [1.54, 1.807) is 0 Å². The first-order valence-corrected chi connectivity index (χ1v) is 6.60. The summed E-state index contributed by atoms with van der Waals surface area (Å²) < 4.78 is 34.4. The smallest absolute Gasteiger partial charge is 0.395 e. The second-order valence-corrected chi connectivity index (χ2v) is 5.41. The molecule has 0 aromatic heterocycles. The van der Waals surface area contributed by atoms with Crippen LogP contribution in [-0.4, -0.2) is 17.2 Å². The van der Waals surface area contributed by atoms with E-state index < -0.39 is 18.1 Å². The van der Waals surface area contributed by atoms with Crippen LogP contribution in [-0.2, 0) is 4.79 Å². The van der Waals surface area contributed by atoms with E-state index in [9.17, 15) is 13.6 Å². The molecule has 0 spiro atoms. The summed E-state index contributed by atoms with van der Waals surface area (Å²) in [4.78, 5) is 12.2. The zero-order valence-corrected chi connectivity index (χ0v) is 12.2. The average molecular weight is 316 g/mol. The van der Waals surface area contributed by atoms with Gasteiger partial charge in [-0.1, -0.05) is 26.1 Å². The fraction of sp³-hybridized carbons (Fsp3) is 0.385. The summed E-state index contributed by atoms with van der Waals surface area (Å²) >= 11 is 4.87. The number of anilines is 1. The number of nitrogens with one attached hydrogen (secondary N) is 1. The molecule has 21 heavy (non-hydrogen) atoms. The van der Waals surface area contributed by atoms with Gasteiger partial charge >= 0.3 is 6.29 Å². The molecule has 1 unspecified atom stereocenters. The first kappa shape index (κ1) is 15.4. The molecule has 1 heterocycles. The predicted octanol–water partition coefficient (Wildman–Crippen LogP) is 2.50. The van der Waals surface area contributed by atoms with Crippen LogP contribution in [0.15, 0.2) is 18.2 Å². The quantitative estimate of drug-likeness (QED) is 0.835. The van der Waals surface area contributed by atoms with Crippen molar-refractivity contribution in [1.29, 1.82) is 0 Å². The van der Waals surface area contributed by atoms with Crippen LogP contribution >= 0.6 is 12.2 Å². The van der Waals surface area contributed by atoms with E-state index in [1.165, 1.54) is 18.2 Å². The largest absolute Gasteiger partial charge is 0.586 e. The minimum Gasteiger partial charge on any atom is -0.395 e. The molecule has 1 aromatic carbocycles. The van der Waals surface area contributed by atoms with Gasteiger partial charge in [-0.25, -0.2) is 0 Å². The normalized spacial score (nSPS) is 16.6. The van der Waals surface area contributed by atoms with E-state index in [0.717, 1.165) is 0 Å². The van der Waals surface area contributed by atoms with Crippen molar-refractivity contribution in [2.75, 3.05) is 5.32 Å². The molecule has 1 aliphatic heterocycles. The summed E-state index contributed by atoms with van der Waals surface area (Å²) in [6, 6.07) is 3.97. The Morgan fingerprint density at radius 2 is 1.95 bits per heavy atom. The van der Waals surface area contributed by atoms with Crippen molar-refractivity contribution in [1.82, 2.24) is 0 Å². The van der Waals surface area contributed by atoms with Crippen molar-refractivity contribution in [2.24, 2.45) is 17.6 Å². The number of thiocarbonyl (C=S) groups is 1. The van der Waals surface area contributed by atoms with Crippen LogP contribution < -0.4 is 20.5 Å². The van der Waals surface area contributed by atoms with Gasteiger partial charge in [-0.05, 0) is 18.1 Å². The number of fused-ring (bicyclic) bond motifs is 1. The van der Waals surface area contributed by atoms with Gasteiger partial charge in [0.2, 0.25) is 5.91 Å². The van der Waals surface area contributed by atoms with Crippen molar-refractivity contribution in [3.8, 4) is 11.5 Å². The van der Waals surface area contributed by atoms with E-state index in [-0.39, 0.29) is 22.4 Å². The average Bonchev–Trinajstić information content (AvgIpc) is 2.60. The molecule has 0 saturated carbocycles. The minimum absolute atomic E-state index is 0.0785. The van der Waals surface area contributed by atoms with Crippen LogP contribution in [0.25, 0.3) is 0 Å². The maximum absolute atomic E-state index is 12.9. The van der Waals surface area contributed by atoms with Gasteiger partial charge in [0.05, 0.1) is 10.9 Å². The zero-order chi connectivity index (χ0) is 15.8. The number of ether oxygens (including phenoxy) is 2. The SMILES string of the molecule is CC(C)C(C(=O)Nc1ccc2c(c1)OC(F)(F)O2)C(N)=S. The second-order valence-electron chi connectivity index (χ2n) is 4.94. The molecule has 1 atom stereocenters. The zero-order valence-electron chi connectivity index (χ0n) is 11.4. The van der Waals surface area contributed by atoms with Crippen LogP contribution in [0.5, 0.6) is 11.5 Å². The number of hydrogen-bond donors (Lipinski definition) is 2. The Morgan fingerprint density at radius 1 is 1.33 bits per heavy atom. The highest BCUT2D eigenvalue weighted by Crippen LogP contribution is 2.42. The lowest BCUT2D eigenvalue weighted by atomic mass is 9.95. The van der Waals surface area contributed by atoms with Crippen molar-refractivity contribution < 1.29 is 23.0 Å². The van der Waals surface area contributed by atoms with E-state index in [1.807, 2.05) is 13.8 Å². The Balaban J connectivity index is 2.15. The van der Waals surface area contributed by atoms with Crippen molar-refractivity contribution in [3.63, 3.8) is 0 Å². The van der Waals surface area contributed by atoms with Crippen LogP contribution in [0, 0.1) is 11.8 Å². The topological polar surface area (TPSA) is 73.6 Å². The van der Waals surface area contributed by atoms with Gasteiger partial charge in [-0.2, -0.15) is 0 Å². The maximum Gasteiger partial charge on any atom is 0.586 e. The first-order chi connectivity index (χ1) is 9.69. The van der Waals surface area contributed by atoms with Crippen LogP contribution in [0.4, 0.5) is 14.5 Å². The molecule has 0 aliphatic carbocycles. The van der Waals surface area contributed by atoms with Crippen molar-refractivity contribution in [2.45, 2.75) is 20.1 Å². The number of benzene rings is 1. The highest BCUT2D eigenvalue weighted by Gasteiger charge is 2.43. The van der Waals surface area contributed by atoms with E-state index in [0.29, 0.717) is 5.69 Å². The summed E-state index contributed by atoms with van der Waals surface area (Å²) in [6.07, 6.45) is -3.69. The van der Waals surface area contributed by atoms with Crippen molar-refractivity contribution >= 4 is 28.8 Å². The molecule has 3 N–H and O–H groups in total. The Hall–Kier alpha value is -1.96. The molecular weight excluding hydrogens is 302 g/mol. The minimum atomic E-state index is -3.69. The summed E-state index contributed by atoms with van der Waals surface area (Å²) in [6.45, 7) is 3.62.